The summed E-state index contributed by atoms with van der Waals surface area (Å²) in [6.07, 6.45) is -4.44. The zero-order valence-corrected chi connectivity index (χ0v) is 21.3. The predicted molar refractivity (Wildman–Crippen MR) is 131 cm³/mol. The highest BCUT2D eigenvalue weighted by Crippen LogP contribution is 2.39. The molecule has 1 unspecified atom stereocenters. The summed E-state index contributed by atoms with van der Waals surface area (Å²) in [5, 5.41) is 11.7. The lowest BCUT2D eigenvalue weighted by molar-refractivity contribution is -0.258. The summed E-state index contributed by atoms with van der Waals surface area (Å²) in [5.74, 6) is 0.427. The molecule has 2 aromatic heterocycles. The lowest BCUT2D eigenvalue weighted by Gasteiger charge is -2.42. The number of methoxy groups -OCH3 is 1. The number of sulfonamides is 1. The van der Waals surface area contributed by atoms with E-state index in [1.807, 2.05) is 11.0 Å². The summed E-state index contributed by atoms with van der Waals surface area (Å²) < 4.78 is 73.1. The molecule has 3 aromatic rings. The van der Waals surface area contributed by atoms with E-state index in [-0.39, 0.29) is 28.9 Å². The molecular formula is C24H26F3N3O4S2. The van der Waals surface area contributed by atoms with Gasteiger partial charge in [0.05, 0.1) is 7.11 Å². The Hall–Kier alpha value is -2.67. The highest BCUT2D eigenvalue weighted by molar-refractivity contribution is 7.91. The summed E-state index contributed by atoms with van der Waals surface area (Å²) in [7, 11) is -2.18. The van der Waals surface area contributed by atoms with Crippen LogP contribution in [0.3, 0.4) is 0 Å². The number of rotatable bonds is 7. The van der Waals surface area contributed by atoms with E-state index in [1.54, 1.807) is 29.6 Å². The number of benzene rings is 1. The third kappa shape index (κ3) is 5.22. The smallest absolute Gasteiger partial charge is 0.421 e. The Morgan fingerprint density at radius 2 is 1.83 bits per heavy atom. The SMILES string of the molecule is COc1cccc(C[C@@H]2CN(S(=O)(=O)c3cccs3)CCN2c2ccc(C(C)(O)C(F)(F)F)cc2)n1. The maximum absolute atomic E-state index is 13.3. The molecule has 0 saturated carbocycles. The van der Waals surface area contributed by atoms with Gasteiger partial charge in [0.15, 0.2) is 5.60 Å². The zero-order chi connectivity index (χ0) is 26.1. The summed E-state index contributed by atoms with van der Waals surface area (Å²) in [6.45, 7) is 1.42. The summed E-state index contributed by atoms with van der Waals surface area (Å²) in [4.78, 5) is 6.42. The Balaban J connectivity index is 1.64. The van der Waals surface area contributed by atoms with Crippen molar-refractivity contribution in [1.29, 1.82) is 0 Å². The highest BCUT2D eigenvalue weighted by atomic mass is 32.2. The molecule has 1 aromatic carbocycles. The van der Waals surface area contributed by atoms with Crippen molar-refractivity contribution in [2.75, 3.05) is 31.6 Å². The monoisotopic (exact) mass is 541 g/mol. The number of anilines is 1. The van der Waals surface area contributed by atoms with Gasteiger partial charge < -0.3 is 14.7 Å². The van der Waals surface area contributed by atoms with E-state index in [0.29, 0.717) is 37.2 Å². The number of ether oxygens (including phenoxy) is 1. The van der Waals surface area contributed by atoms with E-state index in [9.17, 15) is 26.7 Å². The van der Waals surface area contributed by atoms with Gasteiger partial charge in [-0.25, -0.2) is 13.4 Å². The van der Waals surface area contributed by atoms with Gasteiger partial charge in [-0.15, -0.1) is 11.3 Å². The maximum Gasteiger partial charge on any atom is 0.421 e. The number of aromatic nitrogens is 1. The largest absolute Gasteiger partial charge is 0.481 e. The molecular weight excluding hydrogens is 515 g/mol. The number of pyridine rings is 1. The van der Waals surface area contributed by atoms with Gasteiger partial charge >= 0.3 is 6.18 Å². The Morgan fingerprint density at radius 1 is 1.11 bits per heavy atom. The van der Waals surface area contributed by atoms with Crippen LogP contribution in [0, 0.1) is 0 Å². The highest BCUT2D eigenvalue weighted by Gasteiger charge is 2.51. The van der Waals surface area contributed by atoms with Crippen LogP contribution < -0.4 is 9.64 Å². The van der Waals surface area contributed by atoms with Gasteiger partial charge in [-0.05, 0) is 42.1 Å². The van der Waals surface area contributed by atoms with Gasteiger partial charge in [0.2, 0.25) is 5.88 Å². The van der Waals surface area contributed by atoms with Gasteiger partial charge in [-0.2, -0.15) is 17.5 Å². The minimum absolute atomic E-state index is 0.168. The Morgan fingerprint density at radius 3 is 2.44 bits per heavy atom. The number of aliphatic hydroxyl groups is 1. The van der Waals surface area contributed by atoms with Crippen molar-refractivity contribution in [3.63, 3.8) is 0 Å². The van der Waals surface area contributed by atoms with E-state index in [4.69, 9.17) is 4.74 Å². The molecule has 1 N–H and O–H groups in total. The molecule has 12 heteroatoms. The van der Waals surface area contributed by atoms with Crippen molar-refractivity contribution >= 4 is 27.0 Å². The van der Waals surface area contributed by atoms with E-state index in [1.165, 1.54) is 35.7 Å². The molecule has 2 atom stereocenters. The minimum Gasteiger partial charge on any atom is -0.481 e. The van der Waals surface area contributed by atoms with Gasteiger partial charge in [0, 0.05) is 49.5 Å². The van der Waals surface area contributed by atoms with E-state index >= 15 is 0 Å². The number of piperazine rings is 1. The first kappa shape index (κ1) is 26.4. The van der Waals surface area contributed by atoms with Crippen molar-refractivity contribution in [3.05, 3.63) is 71.2 Å². The number of alkyl halides is 3. The fourth-order valence-corrected chi connectivity index (χ4v) is 6.78. The van der Waals surface area contributed by atoms with E-state index in [2.05, 4.69) is 4.98 Å². The minimum atomic E-state index is -4.82. The molecule has 0 spiro atoms. The molecule has 0 radical (unpaired) electrons. The fourth-order valence-electron chi connectivity index (χ4n) is 4.16. The lowest BCUT2D eigenvalue weighted by atomic mass is 9.95. The Labute approximate surface area is 211 Å². The number of nitrogens with zero attached hydrogens (tertiary/aromatic N) is 3. The molecule has 1 fully saturated rings. The molecule has 1 aliphatic heterocycles. The second-order valence-electron chi connectivity index (χ2n) is 8.63. The molecule has 36 heavy (non-hydrogen) atoms. The van der Waals surface area contributed by atoms with E-state index in [0.717, 1.165) is 11.3 Å². The average Bonchev–Trinajstić information content (AvgIpc) is 3.40. The zero-order valence-electron chi connectivity index (χ0n) is 19.6. The number of hydrogen-bond acceptors (Lipinski definition) is 7. The number of halogens is 3. The molecule has 1 aliphatic rings. The van der Waals surface area contributed by atoms with Gasteiger partial charge in [0.25, 0.3) is 10.0 Å². The van der Waals surface area contributed by atoms with Crippen LogP contribution in [0.5, 0.6) is 5.88 Å². The van der Waals surface area contributed by atoms with Crippen LogP contribution in [-0.4, -0.2) is 61.8 Å². The van der Waals surface area contributed by atoms with Crippen LogP contribution in [0.1, 0.15) is 18.2 Å². The maximum atomic E-state index is 13.3. The summed E-state index contributed by atoms with van der Waals surface area (Å²) >= 11 is 1.15. The van der Waals surface area contributed by atoms with Crippen molar-refractivity contribution < 1.29 is 31.4 Å². The van der Waals surface area contributed by atoms with Crippen LogP contribution >= 0.6 is 11.3 Å². The van der Waals surface area contributed by atoms with Crippen LogP contribution in [0.15, 0.2) is 64.2 Å². The molecule has 0 amide bonds. The van der Waals surface area contributed by atoms with Crippen molar-refractivity contribution in [2.24, 2.45) is 0 Å². The van der Waals surface area contributed by atoms with E-state index < -0.39 is 21.8 Å². The Kier molecular flexibility index (Phi) is 7.33. The van der Waals surface area contributed by atoms with Crippen molar-refractivity contribution in [2.45, 2.75) is 35.4 Å². The quantitative estimate of drug-likeness (QED) is 0.486. The third-order valence-corrected chi connectivity index (χ3v) is 9.52. The Bertz CT molecular complexity index is 1280. The molecule has 0 aliphatic carbocycles. The normalized spacial score (nSPS) is 19.2. The van der Waals surface area contributed by atoms with Crippen molar-refractivity contribution in [3.8, 4) is 5.88 Å². The first-order valence-electron chi connectivity index (χ1n) is 11.1. The average molecular weight is 542 g/mol. The number of thiophene rings is 1. The van der Waals surface area contributed by atoms with Crippen LogP contribution in [0.2, 0.25) is 0 Å². The molecule has 0 bridgehead atoms. The van der Waals surface area contributed by atoms with Gasteiger partial charge in [-0.1, -0.05) is 24.3 Å². The van der Waals surface area contributed by atoms with Gasteiger partial charge in [-0.3, -0.25) is 0 Å². The molecule has 3 heterocycles. The van der Waals surface area contributed by atoms with Crippen LogP contribution in [-0.2, 0) is 22.0 Å². The second kappa shape index (κ2) is 10.0. The molecule has 4 rings (SSSR count). The second-order valence-corrected chi connectivity index (χ2v) is 11.7. The van der Waals surface area contributed by atoms with Crippen LogP contribution in [0.4, 0.5) is 18.9 Å². The molecule has 194 valence electrons. The molecule has 7 nitrogen and oxygen atoms in total. The topological polar surface area (TPSA) is 83.0 Å². The fraction of sp³-hybridized carbons (Fsp3) is 0.375. The lowest BCUT2D eigenvalue weighted by Crippen LogP contribution is -2.55. The number of hydrogen-bond donors (Lipinski definition) is 1. The first-order chi connectivity index (χ1) is 16.9. The van der Waals surface area contributed by atoms with Gasteiger partial charge in [0.1, 0.15) is 4.21 Å². The van der Waals surface area contributed by atoms with Crippen LogP contribution in [0.25, 0.3) is 0 Å². The molecule has 1 saturated heterocycles. The van der Waals surface area contributed by atoms with Crippen molar-refractivity contribution in [1.82, 2.24) is 9.29 Å². The predicted octanol–water partition coefficient (Wildman–Crippen LogP) is 4.04. The summed E-state index contributed by atoms with van der Waals surface area (Å²) in [6, 6.07) is 13.8. The third-order valence-electron chi connectivity index (χ3n) is 6.28. The first-order valence-corrected chi connectivity index (χ1v) is 13.5. The standard InChI is InChI=1S/C24H26F3N3O4S2/c1-23(31,24(25,26)27)17-8-10-19(11-9-17)30-13-12-29(36(32,33)22-7-4-14-35-22)16-20(30)15-18-5-3-6-21(28-18)34-2/h3-11,14,20,31H,12-13,15-16H2,1-2H3/t20-,23?/m1/s1. The summed E-state index contributed by atoms with van der Waals surface area (Å²) in [5.41, 5.74) is -1.94.